The van der Waals surface area contributed by atoms with Crippen LogP contribution in [-0.4, -0.2) is 75.3 Å². The molecule has 0 heterocycles. The van der Waals surface area contributed by atoms with Crippen molar-refractivity contribution >= 4 is 29.7 Å². The molecule has 0 spiro atoms. The number of carbonyl (C=O) groups excluding carboxylic acids is 3. The molecule has 1 aromatic rings. The second-order valence-corrected chi connectivity index (χ2v) is 8.59. The molecule has 5 atom stereocenters. The fourth-order valence-electron chi connectivity index (χ4n) is 3.20. The summed E-state index contributed by atoms with van der Waals surface area (Å²) in [6.07, 6.45) is -2.05. The number of aliphatic hydroxyl groups excluding tert-OH is 1. The Balaban J connectivity index is 2.95. The zero-order valence-corrected chi connectivity index (χ0v) is 19.9. The van der Waals surface area contributed by atoms with Crippen LogP contribution in [0.3, 0.4) is 0 Å². The number of amides is 3. The molecule has 1 rings (SSSR count). The number of aliphatic carboxylic acids is 2. The van der Waals surface area contributed by atoms with Gasteiger partial charge in [-0.15, -0.1) is 0 Å². The Morgan fingerprint density at radius 3 is 1.91 bits per heavy atom. The van der Waals surface area contributed by atoms with E-state index in [4.69, 9.17) is 10.8 Å². The van der Waals surface area contributed by atoms with Gasteiger partial charge >= 0.3 is 11.9 Å². The Bertz CT molecular complexity index is 891. The number of rotatable bonds is 14. The monoisotopic (exact) mass is 494 g/mol. The number of carboxylic acid groups (broad SMARTS) is 2. The molecule has 1 aromatic carbocycles. The summed E-state index contributed by atoms with van der Waals surface area (Å²) in [5.41, 5.74) is 6.82. The van der Waals surface area contributed by atoms with Crippen molar-refractivity contribution in [2.24, 2.45) is 11.7 Å². The molecule has 0 aliphatic carbocycles. The summed E-state index contributed by atoms with van der Waals surface area (Å²) >= 11 is 0. The largest absolute Gasteiger partial charge is 0.481 e. The van der Waals surface area contributed by atoms with Gasteiger partial charge in [0, 0.05) is 6.42 Å². The van der Waals surface area contributed by atoms with Crippen LogP contribution >= 0.6 is 0 Å². The molecule has 8 N–H and O–H groups in total. The van der Waals surface area contributed by atoms with Gasteiger partial charge in [-0.2, -0.15) is 0 Å². The Kier molecular flexibility index (Phi) is 11.8. The van der Waals surface area contributed by atoms with Crippen molar-refractivity contribution in [1.82, 2.24) is 16.0 Å². The predicted octanol–water partition coefficient (Wildman–Crippen LogP) is -1.00. The van der Waals surface area contributed by atoms with Gasteiger partial charge in [0.15, 0.2) is 6.04 Å². The molecule has 0 saturated carbocycles. The van der Waals surface area contributed by atoms with E-state index in [-0.39, 0.29) is 12.8 Å². The van der Waals surface area contributed by atoms with E-state index in [1.54, 1.807) is 26.0 Å². The van der Waals surface area contributed by atoms with Crippen LogP contribution < -0.4 is 21.7 Å². The smallest absolute Gasteiger partial charge is 0.328 e. The van der Waals surface area contributed by atoms with Crippen LogP contribution in [0.25, 0.3) is 0 Å². The highest BCUT2D eigenvalue weighted by Crippen LogP contribution is 2.08. The standard InChI is InChI=1S/C23H34N4O8/c1-12(2)18(26-20(31)15(24)11-14-7-5-4-6-8-14)22(33)25-16(9-10-17(29)30)21(32)27-19(13(3)28)23(34)35/h4-8,12-13,15-16,18-19,28H,9-11,24H2,1-3H3,(H,25,33)(H,26,31)(H,27,32)(H,29,30)(H,34,35). The average Bonchev–Trinajstić information content (AvgIpc) is 2.77. The molecule has 3 amide bonds. The minimum atomic E-state index is -1.66. The third-order valence-corrected chi connectivity index (χ3v) is 5.21. The van der Waals surface area contributed by atoms with Gasteiger partial charge in [0.05, 0.1) is 12.1 Å². The van der Waals surface area contributed by atoms with Gasteiger partial charge in [0.1, 0.15) is 12.1 Å². The summed E-state index contributed by atoms with van der Waals surface area (Å²) in [6, 6.07) is 3.92. The quantitative estimate of drug-likeness (QED) is 0.169. The molecule has 0 radical (unpaired) electrons. The van der Waals surface area contributed by atoms with E-state index in [9.17, 15) is 34.2 Å². The number of carboxylic acids is 2. The number of benzene rings is 1. The zero-order valence-electron chi connectivity index (χ0n) is 19.9. The normalized spacial score (nSPS) is 15.3. The second-order valence-electron chi connectivity index (χ2n) is 8.59. The lowest BCUT2D eigenvalue weighted by atomic mass is 10.0. The maximum atomic E-state index is 13.0. The molecular formula is C23H34N4O8. The number of nitrogens with one attached hydrogen (secondary N) is 3. The van der Waals surface area contributed by atoms with Crippen LogP contribution in [0.4, 0.5) is 0 Å². The lowest BCUT2D eigenvalue weighted by Gasteiger charge is -2.27. The molecule has 12 nitrogen and oxygen atoms in total. The number of carbonyl (C=O) groups is 5. The molecule has 0 aliphatic heterocycles. The van der Waals surface area contributed by atoms with Gasteiger partial charge in [-0.05, 0) is 31.2 Å². The molecule has 194 valence electrons. The van der Waals surface area contributed by atoms with E-state index in [2.05, 4.69) is 16.0 Å². The van der Waals surface area contributed by atoms with Crippen LogP contribution in [0.15, 0.2) is 30.3 Å². The Morgan fingerprint density at radius 1 is 0.857 bits per heavy atom. The van der Waals surface area contributed by atoms with Gasteiger partial charge < -0.3 is 37.0 Å². The van der Waals surface area contributed by atoms with Crippen LogP contribution in [0, 0.1) is 5.92 Å². The van der Waals surface area contributed by atoms with Crippen molar-refractivity contribution in [3.8, 4) is 0 Å². The number of hydrogen-bond acceptors (Lipinski definition) is 7. The van der Waals surface area contributed by atoms with Crippen molar-refractivity contribution in [2.75, 3.05) is 0 Å². The number of nitrogens with two attached hydrogens (primary N) is 1. The Labute approximate surface area is 203 Å². The maximum Gasteiger partial charge on any atom is 0.328 e. The van der Waals surface area contributed by atoms with Crippen molar-refractivity contribution < 1.29 is 39.3 Å². The SMILES string of the molecule is CC(C)C(NC(=O)C(N)Cc1ccccc1)C(=O)NC(CCC(=O)O)C(=O)NC(C(=O)O)C(C)O. The first kappa shape index (κ1) is 29.5. The Morgan fingerprint density at radius 2 is 1.43 bits per heavy atom. The van der Waals surface area contributed by atoms with E-state index in [0.717, 1.165) is 12.5 Å². The summed E-state index contributed by atoms with van der Waals surface area (Å²) in [5, 5.41) is 34.8. The molecule has 0 fully saturated rings. The molecule has 12 heteroatoms. The predicted molar refractivity (Wildman–Crippen MR) is 125 cm³/mol. The highest BCUT2D eigenvalue weighted by atomic mass is 16.4. The first-order valence-electron chi connectivity index (χ1n) is 11.2. The topological polar surface area (TPSA) is 208 Å². The van der Waals surface area contributed by atoms with Crippen LogP contribution in [0.5, 0.6) is 0 Å². The number of aliphatic hydroxyl groups is 1. The molecule has 0 aromatic heterocycles. The van der Waals surface area contributed by atoms with E-state index in [1.807, 2.05) is 18.2 Å². The maximum absolute atomic E-state index is 13.0. The zero-order chi connectivity index (χ0) is 26.7. The van der Waals surface area contributed by atoms with Gasteiger partial charge in [-0.25, -0.2) is 4.79 Å². The summed E-state index contributed by atoms with van der Waals surface area (Å²) in [4.78, 5) is 60.5. The molecule has 5 unspecified atom stereocenters. The molecule has 0 saturated heterocycles. The summed E-state index contributed by atoms with van der Waals surface area (Å²) in [6.45, 7) is 4.48. The highest BCUT2D eigenvalue weighted by Gasteiger charge is 2.33. The Hall–Kier alpha value is -3.51. The van der Waals surface area contributed by atoms with Gasteiger partial charge in [-0.3, -0.25) is 19.2 Å². The van der Waals surface area contributed by atoms with Crippen molar-refractivity contribution in [3.63, 3.8) is 0 Å². The van der Waals surface area contributed by atoms with Crippen LogP contribution in [0.1, 0.15) is 39.2 Å². The van der Waals surface area contributed by atoms with E-state index < -0.39 is 72.3 Å². The first-order chi connectivity index (χ1) is 16.3. The van der Waals surface area contributed by atoms with Gasteiger partial charge in [-0.1, -0.05) is 44.2 Å². The van der Waals surface area contributed by atoms with E-state index >= 15 is 0 Å². The van der Waals surface area contributed by atoms with Crippen LogP contribution in [0.2, 0.25) is 0 Å². The third kappa shape index (κ3) is 10.1. The third-order valence-electron chi connectivity index (χ3n) is 5.21. The number of hydrogen-bond donors (Lipinski definition) is 7. The molecule has 0 bridgehead atoms. The lowest BCUT2D eigenvalue weighted by Crippen LogP contribution is -2.59. The first-order valence-corrected chi connectivity index (χ1v) is 11.2. The fraction of sp³-hybridized carbons (Fsp3) is 0.522. The summed E-state index contributed by atoms with van der Waals surface area (Å²) in [7, 11) is 0. The minimum Gasteiger partial charge on any atom is -0.481 e. The summed E-state index contributed by atoms with van der Waals surface area (Å²) in [5.74, 6) is -5.50. The minimum absolute atomic E-state index is 0.235. The highest BCUT2D eigenvalue weighted by molar-refractivity contribution is 5.94. The van der Waals surface area contributed by atoms with Crippen molar-refractivity contribution in [1.29, 1.82) is 0 Å². The van der Waals surface area contributed by atoms with E-state index in [1.165, 1.54) is 0 Å². The van der Waals surface area contributed by atoms with Gasteiger partial charge in [0.2, 0.25) is 17.7 Å². The lowest BCUT2D eigenvalue weighted by molar-refractivity contribution is -0.145. The van der Waals surface area contributed by atoms with E-state index in [0.29, 0.717) is 0 Å². The summed E-state index contributed by atoms with van der Waals surface area (Å²) < 4.78 is 0. The molecular weight excluding hydrogens is 460 g/mol. The molecule has 0 aliphatic rings. The second kappa shape index (κ2) is 14.0. The average molecular weight is 495 g/mol. The van der Waals surface area contributed by atoms with Gasteiger partial charge in [0.25, 0.3) is 0 Å². The fourth-order valence-corrected chi connectivity index (χ4v) is 3.20. The molecule has 35 heavy (non-hydrogen) atoms. The van der Waals surface area contributed by atoms with Crippen molar-refractivity contribution in [2.45, 2.75) is 70.3 Å². The van der Waals surface area contributed by atoms with Crippen molar-refractivity contribution in [3.05, 3.63) is 35.9 Å². The van der Waals surface area contributed by atoms with Crippen LogP contribution in [-0.2, 0) is 30.4 Å².